The Morgan fingerprint density at radius 3 is 2.60 bits per heavy atom. The number of hydrogen-bond donors (Lipinski definition) is 0. The van der Waals surface area contributed by atoms with Gasteiger partial charge in [-0.1, -0.05) is 36.4 Å². The van der Waals surface area contributed by atoms with Gasteiger partial charge in [0.15, 0.2) is 0 Å². The van der Waals surface area contributed by atoms with Crippen molar-refractivity contribution >= 4 is 27.9 Å². The SMILES string of the molecule is CON(CCc1ccccc1)c1cc(C=O)ccc1Br. The molecule has 0 heterocycles. The average molecular weight is 334 g/mol. The molecule has 0 aromatic heterocycles. The minimum atomic E-state index is 0.630. The van der Waals surface area contributed by atoms with E-state index in [9.17, 15) is 4.79 Å². The van der Waals surface area contributed by atoms with Gasteiger partial charge in [0.2, 0.25) is 0 Å². The fourth-order valence-corrected chi connectivity index (χ4v) is 2.42. The Morgan fingerprint density at radius 1 is 1.20 bits per heavy atom. The third kappa shape index (κ3) is 3.68. The van der Waals surface area contributed by atoms with Gasteiger partial charge in [-0.2, -0.15) is 0 Å². The molecule has 2 rings (SSSR count). The molecular weight excluding hydrogens is 318 g/mol. The molecule has 3 nitrogen and oxygen atoms in total. The molecule has 0 aliphatic heterocycles. The molecule has 0 N–H and O–H groups in total. The predicted octanol–water partition coefficient (Wildman–Crippen LogP) is 3.87. The first-order valence-electron chi connectivity index (χ1n) is 6.35. The number of carbonyl (C=O) groups is 1. The second-order valence-electron chi connectivity index (χ2n) is 4.35. The number of carbonyl (C=O) groups excluding carboxylic acids is 1. The predicted molar refractivity (Wildman–Crippen MR) is 84.0 cm³/mol. The smallest absolute Gasteiger partial charge is 0.150 e. The minimum Gasteiger partial charge on any atom is -0.298 e. The summed E-state index contributed by atoms with van der Waals surface area (Å²) in [5.74, 6) is 0. The van der Waals surface area contributed by atoms with Crippen molar-refractivity contribution in [2.75, 3.05) is 18.7 Å². The van der Waals surface area contributed by atoms with Gasteiger partial charge in [0.25, 0.3) is 0 Å². The molecule has 104 valence electrons. The highest BCUT2D eigenvalue weighted by Crippen LogP contribution is 2.27. The topological polar surface area (TPSA) is 29.5 Å². The van der Waals surface area contributed by atoms with Crippen LogP contribution in [0, 0.1) is 0 Å². The molecule has 2 aromatic rings. The summed E-state index contributed by atoms with van der Waals surface area (Å²) in [4.78, 5) is 16.3. The standard InChI is InChI=1S/C16H16BrNO2/c1-20-18(10-9-13-5-3-2-4-6-13)16-11-14(12-19)7-8-15(16)17/h2-8,11-12H,9-10H2,1H3. The maximum atomic E-state index is 10.9. The fourth-order valence-electron chi connectivity index (χ4n) is 1.98. The minimum absolute atomic E-state index is 0.630. The van der Waals surface area contributed by atoms with E-state index in [1.807, 2.05) is 30.3 Å². The number of nitrogens with zero attached hydrogens (tertiary/aromatic N) is 1. The molecule has 0 atom stereocenters. The van der Waals surface area contributed by atoms with E-state index in [4.69, 9.17) is 4.84 Å². The zero-order valence-corrected chi connectivity index (χ0v) is 12.8. The Hall–Kier alpha value is -1.65. The molecule has 4 heteroatoms. The quantitative estimate of drug-likeness (QED) is 0.593. The lowest BCUT2D eigenvalue weighted by Gasteiger charge is -2.23. The molecule has 0 unspecified atom stereocenters. The highest BCUT2D eigenvalue weighted by atomic mass is 79.9. The molecule has 20 heavy (non-hydrogen) atoms. The monoisotopic (exact) mass is 333 g/mol. The van der Waals surface area contributed by atoms with Gasteiger partial charge in [-0.3, -0.25) is 14.7 Å². The molecule has 0 saturated carbocycles. The fraction of sp³-hybridized carbons (Fsp3) is 0.188. The first kappa shape index (κ1) is 14.8. The summed E-state index contributed by atoms with van der Waals surface area (Å²) in [6, 6.07) is 15.7. The number of anilines is 1. The number of hydroxylamine groups is 1. The summed E-state index contributed by atoms with van der Waals surface area (Å²) in [5, 5.41) is 1.78. The molecule has 0 aliphatic carbocycles. The van der Waals surface area contributed by atoms with Crippen molar-refractivity contribution in [1.29, 1.82) is 0 Å². The second-order valence-corrected chi connectivity index (χ2v) is 5.20. The van der Waals surface area contributed by atoms with E-state index < -0.39 is 0 Å². The lowest BCUT2D eigenvalue weighted by Crippen LogP contribution is -2.25. The number of rotatable bonds is 6. The van der Waals surface area contributed by atoms with Gasteiger partial charge in [0, 0.05) is 16.6 Å². The van der Waals surface area contributed by atoms with E-state index >= 15 is 0 Å². The summed E-state index contributed by atoms with van der Waals surface area (Å²) < 4.78 is 0.901. The van der Waals surface area contributed by atoms with E-state index in [2.05, 4.69) is 28.1 Å². The largest absolute Gasteiger partial charge is 0.298 e. The third-order valence-corrected chi connectivity index (χ3v) is 3.71. The van der Waals surface area contributed by atoms with Crippen LogP contribution in [0.1, 0.15) is 15.9 Å². The van der Waals surface area contributed by atoms with Crippen LogP contribution >= 0.6 is 15.9 Å². The van der Waals surface area contributed by atoms with Crippen molar-refractivity contribution in [2.45, 2.75) is 6.42 Å². The highest BCUT2D eigenvalue weighted by Gasteiger charge is 2.11. The zero-order valence-electron chi connectivity index (χ0n) is 11.3. The molecule has 2 aromatic carbocycles. The van der Waals surface area contributed by atoms with Gasteiger partial charge >= 0.3 is 0 Å². The van der Waals surface area contributed by atoms with Crippen LogP contribution in [0.25, 0.3) is 0 Å². The van der Waals surface area contributed by atoms with Gasteiger partial charge in [0.05, 0.1) is 12.8 Å². The molecular formula is C16H16BrNO2. The Labute approximate surface area is 127 Å². The molecule has 0 aliphatic rings. The zero-order chi connectivity index (χ0) is 14.4. The molecule has 0 radical (unpaired) electrons. The summed E-state index contributed by atoms with van der Waals surface area (Å²) >= 11 is 3.49. The Morgan fingerprint density at radius 2 is 1.95 bits per heavy atom. The van der Waals surface area contributed by atoms with Gasteiger partial charge in [-0.15, -0.1) is 0 Å². The van der Waals surface area contributed by atoms with Crippen molar-refractivity contribution in [2.24, 2.45) is 0 Å². The van der Waals surface area contributed by atoms with E-state index in [1.165, 1.54) is 5.56 Å². The number of aldehydes is 1. The van der Waals surface area contributed by atoms with E-state index in [1.54, 1.807) is 18.2 Å². The van der Waals surface area contributed by atoms with Crippen molar-refractivity contribution in [3.8, 4) is 0 Å². The van der Waals surface area contributed by atoms with Crippen LogP contribution in [0.5, 0.6) is 0 Å². The lowest BCUT2D eigenvalue weighted by atomic mass is 10.1. The summed E-state index contributed by atoms with van der Waals surface area (Å²) in [7, 11) is 1.63. The summed E-state index contributed by atoms with van der Waals surface area (Å²) in [6.45, 7) is 0.710. The van der Waals surface area contributed by atoms with Crippen molar-refractivity contribution in [1.82, 2.24) is 0 Å². The van der Waals surface area contributed by atoms with E-state index in [0.29, 0.717) is 12.1 Å². The molecule has 0 saturated heterocycles. The van der Waals surface area contributed by atoms with Crippen LogP contribution in [-0.2, 0) is 11.3 Å². The number of benzene rings is 2. The van der Waals surface area contributed by atoms with Crippen LogP contribution in [0.2, 0.25) is 0 Å². The van der Waals surface area contributed by atoms with Crippen LogP contribution in [-0.4, -0.2) is 19.9 Å². The number of hydrogen-bond acceptors (Lipinski definition) is 3. The second kappa shape index (κ2) is 7.22. The van der Waals surface area contributed by atoms with Gasteiger partial charge in [0.1, 0.15) is 6.29 Å². The first-order chi connectivity index (χ1) is 9.74. The first-order valence-corrected chi connectivity index (χ1v) is 7.14. The maximum absolute atomic E-state index is 10.9. The molecule has 0 spiro atoms. The summed E-state index contributed by atoms with van der Waals surface area (Å²) in [6.07, 6.45) is 1.70. The average Bonchev–Trinajstić information content (AvgIpc) is 2.50. The summed E-state index contributed by atoms with van der Waals surface area (Å²) in [5.41, 5.74) is 2.73. The lowest BCUT2D eigenvalue weighted by molar-refractivity contribution is 0.112. The molecule has 0 bridgehead atoms. The Bertz CT molecular complexity index is 572. The van der Waals surface area contributed by atoms with Gasteiger partial charge < -0.3 is 0 Å². The highest BCUT2D eigenvalue weighted by molar-refractivity contribution is 9.10. The van der Waals surface area contributed by atoms with Crippen molar-refractivity contribution in [3.05, 3.63) is 64.1 Å². The van der Waals surface area contributed by atoms with Crippen LogP contribution in [0.3, 0.4) is 0 Å². The molecule has 0 amide bonds. The van der Waals surface area contributed by atoms with E-state index in [0.717, 1.165) is 22.9 Å². The van der Waals surface area contributed by atoms with Crippen molar-refractivity contribution in [3.63, 3.8) is 0 Å². The maximum Gasteiger partial charge on any atom is 0.150 e. The Balaban J connectivity index is 2.13. The van der Waals surface area contributed by atoms with Crippen LogP contribution < -0.4 is 5.06 Å². The third-order valence-electron chi connectivity index (χ3n) is 3.04. The molecule has 0 fully saturated rings. The van der Waals surface area contributed by atoms with Crippen LogP contribution in [0.4, 0.5) is 5.69 Å². The number of halogens is 1. The normalized spacial score (nSPS) is 10.3. The van der Waals surface area contributed by atoms with E-state index in [-0.39, 0.29) is 0 Å². The van der Waals surface area contributed by atoms with Crippen LogP contribution in [0.15, 0.2) is 53.0 Å². The Kier molecular flexibility index (Phi) is 5.32. The van der Waals surface area contributed by atoms with Crippen molar-refractivity contribution < 1.29 is 9.63 Å². The van der Waals surface area contributed by atoms with Gasteiger partial charge in [-0.25, -0.2) is 0 Å². The van der Waals surface area contributed by atoms with Gasteiger partial charge in [-0.05, 0) is 40.0 Å².